The van der Waals surface area contributed by atoms with Crippen molar-refractivity contribution < 1.29 is 19.1 Å². The van der Waals surface area contributed by atoms with Gasteiger partial charge in [0.1, 0.15) is 0 Å². The van der Waals surface area contributed by atoms with E-state index in [-0.39, 0.29) is 0 Å². The number of nitrogens with one attached hydrogen (secondary N) is 2. The van der Waals surface area contributed by atoms with Gasteiger partial charge in [0.25, 0.3) is 11.8 Å². The molecule has 0 saturated carbocycles. The predicted molar refractivity (Wildman–Crippen MR) is 98.3 cm³/mol. The van der Waals surface area contributed by atoms with E-state index in [1.54, 1.807) is 55.7 Å². The van der Waals surface area contributed by atoms with Gasteiger partial charge >= 0.3 is 0 Å². The predicted octanol–water partition coefficient (Wildman–Crippen LogP) is 2.94. The van der Waals surface area contributed by atoms with E-state index in [4.69, 9.17) is 9.47 Å². The highest BCUT2D eigenvalue weighted by Crippen LogP contribution is 2.27. The number of carbonyl (C=O) groups is 2. The summed E-state index contributed by atoms with van der Waals surface area (Å²) in [6.45, 7) is 0. The molecular formula is C18H17BrN2O4. The van der Waals surface area contributed by atoms with Gasteiger partial charge in [-0.3, -0.25) is 20.4 Å². The number of halogens is 1. The number of ether oxygens (including phenoxy) is 2. The Labute approximate surface area is 153 Å². The number of hydrogen-bond acceptors (Lipinski definition) is 4. The van der Waals surface area contributed by atoms with Crippen LogP contribution < -0.4 is 20.3 Å². The Morgan fingerprint density at radius 2 is 1.72 bits per heavy atom. The maximum absolute atomic E-state index is 12.0. The number of rotatable bonds is 5. The molecule has 0 aliphatic rings. The highest BCUT2D eigenvalue weighted by molar-refractivity contribution is 9.10. The number of amides is 2. The summed E-state index contributed by atoms with van der Waals surface area (Å²) in [5, 5.41) is 0. The minimum absolute atomic E-state index is 0.416. The lowest BCUT2D eigenvalue weighted by Gasteiger charge is -2.08. The molecule has 0 unspecified atom stereocenters. The van der Waals surface area contributed by atoms with Gasteiger partial charge in [-0.05, 0) is 51.8 Å². The van der Waals surface area contributed by atoms with Gasteiger partial charge in [0, 0.05) is 10.5 Å². The smallest absolute Gasteiger partial charge is 0.270 e. The van der Waals surface area contributed by atoms with E-state index in [0.717, 1.165) is 5.56 Å². The monoisotopic (exact) mass is 404 g/mol. The van der Waals surface area contributed by atoms with Crippen molar-refractivity contribution >= 4 is 33.8 Å². The number of methoxy groups -OCH3 is 2. The third-order valence-electron chi connectivity index (χ3n) is 3.25. The first kappa shape index (κ1) is 18.5. The van der Waals surface area contributed by atoms with Crippen molar-refractivity contribution in [3.63, 3.8) is 0 Å². The average Bonchev–Trinajstić information content (AvgIpc) is 2.64. The van der Waals surface area contributed by atoms with E-state index < -0.39 is 11.8 Å². The second-order valence-corrected chi connectivity index (χ2v) is 5.73. The van der Waals surface area contributed by atoms with Crippen molar-refractivity contribution in [3.8, 4) is 11.5 Å². The molecule has 0 aromatic heterocycles. The van der Waals surface area contributed by atoms with Crippen LogP contribution in [0.4, 0.5) is 0 Å². The molecule has 7 heteroatoms. The van der Waals surface area contributed by atoms with E-state index in [1.165, 1.54) is 13.2 Å². The van der Waals surface area contributed by atoms with Crippen LogP contribution in [0.2, 0.25) is 0 Å². The van der Waals surface area contributed by atoms with Crippen LogP contribution in [-0.2, 0) is 4.79 Å². The average molecular weight is 405 g/mol. The van der Waals surface area contributed by atoms with Crippen molar-refractivity contribution in [2.75, 3.05) is 14.2 Å². The second-order valence-electron chi connectivity index (χ2n) is 4.87. The third kappa shape index (κ3) is 5.09. The molecule has 130 valence electrons. The van der Waals surface area contributed by atoms with Crippen molar-refractivity contribution in [2.24, 2.45) is 0 Å². The van der Waals surface area contributed by atoms with E-state index in [1.807, 2.05) is 0 Å². The van der Waals surface area contributed by atoms with E-state index in [0.29, 0.717) is 21.5 Å². The minimum atomic E-state index is -0.463. The largest absolute Gasteiger partial charge is 0.493 e. The van der Waals surface area contributed by atoms with Gasteiger partial charge in [-0.15, -0.1) is 0 Å². The highest BCUT2D eigenvalue weighted by Gasteiger charge is 2.09. The molecule has 0 bridgehead atoms. The van der Waals surface area contributed by atoms with Crippen molar-refractivity contribution in [2.45, 2.75) is 0 Å². The molecule has 0 saturated heterocycles. The zero-order chi connectivity index (χ0) is 18.2. The van der Waals surface area contributed by atoms with Gasteiger partial charge in [0.2, 0.25) is 0 Å². The zero-order valence-corrected chi connectivity index (χ0v) is 15.3. The summed E-state index contributed by atoms with van der Waals surface area (Å²) in [5.41, 5.74) is 5.86. The molecule has 6 nitrogen and oxygen atoms in total. The van der Waals surface area contributed by atoms with Gasteiger partial charge < -0.3 is 9.47 Å². The minimum Gasteiger partial charge on any atom is -0.493 e. The molecule has 0 spiro atoms. The first-order valence-corrected chi connectivity index (χ1v) is 8.09. The quantitative estimate of drug-likeness (QED) is 0.593. The van der Waals surface area contributed by atoms with Crippen molar-refractivity contribution in [1.29, 1.82) is 0 Å². The number of benzene rings is 2. The molecule has 2 rings (SSSR count). The Kier molecular flexibility index (Phi) is 6.59. The highest BCUT2D eigenvalue weighted by atomic mass is 79.9. The second kappa shape index (κ2) is 8.89. The fourth-order valence-electron chi connectivity index (χ4n) is 2.00. The lowest BCUT2D eigenvalue weighted by atomic mass is 10.2. The molecule has 25 heavy (non-hydrogen) atoms. The van der Waals surface area contributed by atoms with Crippen LogP contribution in [-0.4, -0.2) is 26.0 Å². The summed E-state index contributed by atoms with van der Waals surface area (Å²) in [4.78, 5) is 23.8. The van der Waals surface area contributed by atoms with Gasteiger partial charge in [-0.25, -0.2) is 0 Å². The molecule has 0 radical (unpaired) electrons. The van der Waals surface area contributed by atoms with E-state index in [2.05, 4.69) is 26.8 Å². The molecule has 2 aromatic rings. The van der Waals surface area contributed by atoms with E-state index in [9.17, 15) is 9.59 Å². The molecule has 0 aliphatic carbocycles. The van der Waals surface area contributed by atoms with Crippen LogP contribution >= 0.6 is 15.9 Å². The zero-order valence-electron chi connectivity index (χ0n) is 13.7. The molecule has 0 heterocycles. The fourth-order valence-corrected chi connectivity index (χ4v) is 2.47. The summed E-state index contributed by atoms with van der Waals surface area (Å²) in [6.07, 6.45) is 2.91. The van der Waals surface area contributed by atoms with Gasteiger partial charge in [-0.1, -0.05) is 18.2 Å². The molecule has 0 atom stereocenters. The maximum Gasteiger partial charge on any atom is 0.270 e. The Hall–Kier alpha value is -2.80. The maximum atomic E-state index is 12.0. The van der Waals surface area contributed by atoms with Gasteiger partial charge in [-0.2, -0.15) is 0 Å². The van der Waals surface area contributed by atoms with Crippen LogP contribution in [0.5, 0.6) is 11.5 Å². The fraction of sp³-hybridized carbons (Fsp3) is 0.111. The lowest BCUT2D eigenvalue weighted by Crippen LogP contribution is -2.40. The van der Waals surface area contributed by atoms with Crippen LogP contribution in [0.25, 0.3) is 6.08 Å². The number of hydrazine groups is 1. The number of hydrogen-bond donors (Lipinski definition) is 2. The molecule has 2 amide bonds. The summed E-state index contributed by atoms with van der Waals surface area (Å²) < 4.78 is 11.0. The Morgan fingerprint density at radius 3 is 2.40 bits per heavy atom. The first-order chi connectivity index (χ1) is 12.0. The van der Waals surface area contributed by atoms with Crippen LogP contribution in [0.15, 0.2) is 53.0 Å². The lowest BCUT2D eigenvalue weighted by molar-refractivity contribution is -0.117. The Morgan fingerprint density at radius 1 is 1.00 bits per heavy atom. The van der Waals surface area contributed by atoms with E-state index >= 15 is 0 Å². The van der Waals surface area contributed by atoms with Crippen LogP contribution in [0.3, 0.4) is 0 Å². The number of carbonyl (C=O) groups excluding carboxylic acids is 2. The molecule has 2 N–H and O–H groups in total. The normalized spacial score (nSPS) is 10.4. The first-order valence-electron chi connectivity index (χ1n) is 7.30. The summed E-state index contributed by atoms with van der Waals surface area (Å²) in [6, 6.07) is 12.2. The van der Waals surface area contributed by atoms with Crippen molar-refractivity contribution in [1.82, 2.24) is 10.9 Å². The van der Waals surface area contributed by atoms with Crippen molar-refractivity contribution in [3.05, 3.63) is 64.1 Å². The Bertz CT molecular complexity index is 805. The van der Waals surface area contributed by atoms with Gasteiger partial charge in [0.05, 0.1) is 19.8 Å². The summed E-state index contributed by atoms with van der Waals surface area (Å²) >= 11 is 3.28. The molecular weight excluding hydrogens is 388 g/mol. The Balaban J connectivity index is 1.95. The summed E-state index contributed by atoms with van der Waals surface area (Å²) in [5.74, 6) is 0.285. The van der Waals surface area contributed by atoms with Crippen LogP contribution in [0.1, 0.15) is 15.9 Å². The van der Waals surface area contributed by atoms with Gasteiger partial charge in [0.15, 0.2) is 11.5 Å². The third-order valence-corrected chi connectivity index (χ3v) is 3.94. The molecule has 0 aliphatic heterocycles. The summed E-state index contributed by atoms with van der Waals surface area (Å²) in [7, 11) is 3.09. The SMILES string of the molecule is COc1ccc(/C=C/C(=O)NNC(=O)c2ccccc2Br)cc1OC. The molecule has 2 aromatic carbocycles. The topological polar surface area (TPSA) is 76.7 Å². The molecule has 0 fully saturated rings. The van der Waals surface area contributed by atoms with Crippen LogP contribution in [0, 0.1) is 0 Å². The standard InChI is InChI=1S/C18H17BrN2O4/c1-24-15-9-7-12(11-16(15)25-2)8-10-17(22)20-21-18(23)13-5-3-4-6-14(13)19/h3-11H,1-2H3,(H,20,22)(H,21,23)/b10-8+.